The van der Waals surface area contributed by atoms with Crippen molar-refractivity contribution in [3.05, 3.63) is 162 Å². The van der Waals surface area contributed by atoms with Crippen LogP contribution in [0.1, 0.15) is 81.5 Å². The number of aromatic nitrogens is 4. The molecule has 9 aromatic rings. The van der Waals surface area contributed by atoms with Crippen LogP contribution in [-0.2, 0) is 26.5 Å². The number of aryl methyl sites for hydroxylation is 2. The summed E-state index contributed by atoms with van der Waals surface area (Å²) in [7, 11) is -1.34. The van der Waals surface area contributed by atoms with Crippen LogP contribution in [0.15, 0.2) is 126 Å². The largest absolute Gasteiger partial charge is 0.499 e. The predicted octanol–water partition coefficient (Wildman–Crippen LogP) is 14.6. The van der Waals surface area contributed by atoms with Gasteiger partial charge in [-0.05, 0) is 101 Å². The molecular weight excluding hydrogens is 965 g/mol. The molecule has 0 N–H and O–H groups in total. The van der Waals surface area contributed by atoms with Gasteiger partial charge >= 0.3 is 0 Å². The van der Waals surface area contributed by atoms with Crippen LogP contribution in [0.3, 0.4) is 0 Å². The molecule has 63 heavy (non-hydrogen) atoms. The first-order valence-electron chi connectivity index (χ1n) is 22.1. The van der Waals surface area contributed by atoms with Crippen LogP contribution in [-0.4, -0.2) is 27.6 Å². The zero-order valence-corrected chi connectivity index (χ0v) is 41.9. The van der Waals surface area contributed by atoms with Gasteiger partial charge in [0.1, 0.15) is 5.58 Å². The summed E-state index contributed by atoms with van der Waals surface area (Å²) in [4.78, 5) is 14.6. The van der Waals surface area contributed by atoms with Crippen molar-refractivity contribution in [2.24, 2.45) is 5.92 Å². The third kappa shape index (κ3) is 9.29. The number of imidazole rings is 1. The van der Waals surface area contributed by atoms with Gasteiger partial charge in [-0.3, -0.25) is 9.97 Å². The molecule has 323 valence electrons. The van der Waals surface area contributed by atoms with E-state index in [-0.39, 0.29) is 31.9 Å². The van der Waals surface area contributed by atoms with Crippen LogP contribution in [0, 0.1) is 31.9 Å². The molecule has 0 saturated carbocycles. The summed E-state index contributed by atoms with van der Waals surface area (Å²) in [6, 6.07) is 47.1. The number of pyridine rings is 2. The van der Waals surface area contributed by atoms with Gasteiger partial charge < -0.3 is 14.0 Å². The van der Waals surface area contributed by atoms with Gasteiger partial charge in [0, 0.05) is 43.1 Å². The molecule has 5 nitrogen and oxygen atoms in total. The first-order valence-corrected chi connectivity index (χ1v) is 25.6. The fourth-order valence-electron chi connectivity index (χ4n) is 8.73. The standard InChI is InChI=1S/C38H34N3O.C18H24NSi.Ir/c1-22(2)30-20-27(26-13-8-7-9-14-26)21-31(23(3)4)35(30)41-34-18-11-10-17-33(34)40-38(41)29-16-12-15-28-32-19-24(5)39-25(6)36(32)42-37(28)29;1-14(2)11-16-12-17(15-9-7-6-8-10-15)19-13-18(16)20(3,4)5;/h7-15,17-23H,1-6H3;6-9,12-14H,11H2,1-5H3;/q2*-1;. The van der Waals surface area contributed by atoms with Crippen LogP contribution in [0.5, 0.6) is 0 Å². The van der Waals surface area contributed by atoms with Gasteiger partial charge in [0.2, 0.25) is 0 Å². The van der Waals surface area contributed by atoms with Crippen molar-refractivity contribution in [2.45, 2.75) is 93.3 Å². The minimum atomic E-state index is -1.34. The molecule has 0 saturated heterocycles. The van der Waals surface area contributed by atoms with E-state index in [1.54, 1.807) is 0 Å². The molecular formula is C56H58IrN4OSi-2. The Morgan fingerprint density at radius 1 is 0.683 bits per heavy atom. The van der Waals surface area contributed by atoms with Gasteiger partial charge in [-0.25, -0.2) is 0 Å². The molecule has 0 fully saturated rings. The van der Waals surface area contributed by atoms with E-state index in [4.69, 9.17) is 9.40 Å². The maximum Gasteiger partial charge on any atom is 0.142 e. The number of benzene rings is 5. The number of hydrogen-bond acceptors (Lipinski definition) is 4. The van der Waals surface area contributed by atoms with Crippen molar-refractivity contribution < 1.29 is 24.5 Å². The Hall–Kier alpha value is -5.46. The van der Waals surface area contributed by atoms with Crippen molar-refractivity contribution in [3.63, 3.8) is 0 Å². The van der Waals surface area contributed by atoms with Crippen LogP contribution >= 0.6 is 0 Å². The zero-order valence-electron chi connectivity index (χ0n) is 38.5. The predicted molar refractivity (Wildman–Crippen MR) is 264 cm³/mol. The van der Waals surface area contributed by atoms with E-state index in [2.05, 4.69) is 185 Å². The summed E-state index contributed by atoms with van der Waals surface area (Å²) in [5, 5.41) is 3.62. The number of hydrogen-bond donors (Lipinski definition) is 0. The summed E-state index contributed by atoms with van der Waals surface area (Å²) in [5.41, 5.74) is 16.2. The minimum absolute atomic E-state index is 0. The van der Waals surface area contributed by atoms with Crippen molar-refractivity contribution in [3.8, 4) is 39.5 Å². The Labute approximate surface area is 388 Å². The minimum Gasteiger partial charge on any atom is -0.499 e. The molecule has 0 bridgehead atoms. The Kier molecular flexibility index (Phi) is 13.5. The van der Waals surface area contributed by atoms with Gasteiger partial charge in [0.05, 0.1) is 36.2 Å². The summed E-state index contributed by atoms with van der Waals surface area (Å²) in [6.45, 7) is 24.9. The fourth-order valence-corrected chi connectivity index (χ4v) is 10.3. The summed E-state index contributed by atoms with van der Waals surface area (Å²) < 4.78 is 8.95. The van der Waals surface area contributed by atoms with Crippen LogP contribution in [0.4, 0.5) is 0 Å². The second-order valence-electron chi connectivity index (χ2n) is 18.7. The van der Waals surface area contributed by atoms with Crippen molar-refractivity contribution >= 4 is 46.2 Å². The monoisotopic (exact) mass is 1020 g/mol. The molecule has 9 rings (SSSR count). The van der Waals surface area contributed by atoms with E-state index < -0.39 is 8.07 Å². The molecule has 0 aliphatic rings. The maximum atomic E-state index is 6.60. The van der Waals surface area contributed by atoms with E-state index in [1.807, 2.05) is 38.1 Å². The van der Waals surface area contributed by atoms with Gasteiger partial charge in [-0.1, -0.05) is 126 Å². The molecule has 0 atom stereocenters. The molecule has 5 aromatic carbocycles. The van der Waals surface area contributed by atoms with Gasteiger partial charge in [0.25, 0.3) is 0 Å². The molecule has 0 unspecified atom stereocenters. The van der Waals surface area contributed by atoms with Crippen LogP contribution < -0.4 is 5.19 Å². The van der Waals surface area contributed by atoms with E-state index in [0.717, 1.165) is 73.4 Å². The second-order valence-corrected chi connectivity index (χ2v) is 23.8. The van der Waals surface area contributed by atoms with Crippen LogP contribution in [0.2, 0.25) is 19.6 Å². The smallest absolute Gasteiger partial charge is 0.142 e. The zero-order chi connectivity index (χ0) is 43.9. The number of furan rings is 1. The van der Waals surface area contributed by atoms with E-state index in [1.165, 1.54) is 38.7 Å². The Morgan fingerprint density at radius 3 is 2.02 bits per heavy atom. The molecule has 0 aliphatic heterocycles. The van der Waals surface area contributed by atoms with E-state index in [9.17, 15) is 0 Å². The van der Waals surface area contributed by atoms with Crippen molar-refractivity contribution in [1.82, 2.24) is 19.5 Å². The quantitative estimate of drug-likeness (QED) is 0.107. The topological polar surface area (TPSA) is 56.7 Å². The molecule has 4 aromatic heterocycles. The van der Waals surface area contributed by atoms with Crippen molar-refractivity contribution in [1.29, 1.82) is 0 Å². The average molecular weight is 1020 g/mol. The van der Waals surface area contributed by atoms with Gasteiger partial charge in [0.15, 0.2) is 0 Å². The Morgan fingerprint density at radius 2 is 1.37 bits per heavy atom. The Balaban J connectivity index is 0.000000239. The van der Waals surface area contributed by atoms with Gasteiger partial charge in [-0.15, -0.1) is 54.1 Å². The maximum absolute atomic E-state index is 6.60. The first kappa shape index (κ1) is 45.6. The Bertz CT molecular complexity index is 3000. The summed E-state index contributed by atoms with van der Waals surface area (Å²) >= 11 is 0. The second kappa shape index (κ2) is 18.7. The number of fused-ring (bicyclic) bond motifs is 4. The third-order valence-electron chi connectivity index (χ3n) is 11.7. The molecule has 7 heteroatoms. The summed E-state index contributed by atoms with van der Waals surface area (Å²) in [5.74, 6) is 2.08. The fraction of sp³-hybridized carbons (Fsp3) is 0.268. The summed E-state index contributed by atoms with van der Waals surface area (Å²) in [6.07, 6.45) is 3.24. The molecule has 1 radical (unpaired) electrons. The van der Waals surface area contributed by atoms with Crippen molar-refractivity contribution in [2.75, 3.05) is 0 Å². The molecule has 0 amide bonds. The van der Waals surface area contributed by atoms with Gasteiger partial charge in [-0.2, -0.15) is 0 Å². The number of rotatable bonds is 9. The number of para-hydroxylation sites is 2. The molecule has 0 aliphatic carbocycles. The third-order valence-corrected chi connectivity index (χ3v) is 13.7. The SMILES string of the molecule is CC(C)Cc1cc(-c2[c-]cccc2)ncc1[Si](C)(C)C.Cc1cc2c(oc3c(-c4nc5ccccc5n4-c4c(C(C)C)cc(-c5ccccc5)cc4C(C)C)[c-]ccc32)c(C)n1.[Ir]. The molecule has 4 heterocycles. The number of nitrogens with zero attached hydrogens (tertiary/aromatic N) is 4. The average Bonchev–Trinajstić information content (AvgIpc) is 3.82. The van der Waals surface area contributed by atoms with E-state index >= 15 is 0 Å². The first-order chi connectivity index (χ1) is 29.7. The molecule has 0 spiro atoms. The van der Waals surface area contributed by atoms with E-state index in [0.29, 0.717) is 5.92 Å². The van der Waals surface area contributed by atoms with Crippen LogP contribution in [0.25, 0.3) is 72.4 Å². The normalized spacial score (nSPS) is 11.8.